The van der Waals surface area contributed by atoms with E-state index in [1.807, 2.05) is 78.8 Å². The molecule has 0 saturated heterocycles. The Hall–Kier alpha value is -3.70. The Bertz CT molecular complexity index is 1460. The lowest BCUT2D eigenvalue weighted by atomic mass is 9.76. The number of nitrogens with two attached hydrogens (primary N) is 1. The predicted molar refractivity (Wildman–Crippen MR) is 175 cm³/mol. The van der Waals surface area contributed by atoms with E-state index in [0.29, 0.717) is 0 Å². The highest BCUT2D eigenvalue weighted by atomic mass is 32.2. The van der Waals surface area contributed by atoms with Gasteiger partial charge in [-0.1, -0.05) is 90.9 Å². The number of likely N-dealkylation sites (N-methyl/N-ethyl adjacent to an activating group) is 2. The maximum atomic E-state index is 14.1. The van der Waals surface area contributed by atoms with Crippen molar-refractivity contribution in [2.75, 3.05) is 19.8 Å². The smallest absolute Gasteiger partial charge is 0.264 e. The summed E-state index contributed by atoms with van der Waals surface area (Å²) in [5.41, 5.74) is 5.81. The van der Waals surface area contributed by atoms with Crippen molar-refractivity contribution in [2.24, 2.45) is 11.3 Å². The monoisotopic (exact) mass is 627 g/mol. The van der Waals surface area contributed by atoms with Crippen LogP contribution in [0.15, 0.2) is 71.1 Å². The van der Waals surface area contributed by atoms with Gasteiger partial charge >= 0.3 is 0 Å². The minimum absolute atomic E-state index is 0.118. The fraction of sp³-hybridized carbons (Fsp3) is 0.485. The van der Waals surface area contributed by atoms with Crippen LogP contribution in [0.1, 0.15) is 61.0 Å². The molecule has 0 bridgehead atoms. The minimum atomic E-state index is -4.16. The summed E-state index contributed by atoms with van der Waals surface area (Å²) in [7, 11) is -0.828. The lowest BCUT2D eigenvalue weighted by molar-refractivity contribution is -0.140. The average molecular weight is 628 g/mol. The van der Waals surface area contributed by atoms with E-state index in [-0.39, 0.29) is 33.9 Å². The summed E-state index contributed by atoms with van der Waals surface area (Å²) in [6.07, 6.45) is 1.57. The summed E-state index contributed by atoms with van der Waals surface area (Å²) in [5, 5.41) is 6.14. The van der Waals surface area contributed by atoms with E-state index in [1.165, 1.54) is 30.0 Å². The van der Waals surface area contributed by atoms with Gasteiger partial charge in [-0.05, 0) is 49.1 Å². The van der Waals surface area contributed by atoms with Crippen LogP contribution in [-0.2, 0) is 29.8 Å². The van der Waals surface area contributed by atoms with Crippen molar-refractivity contribution in [3.63, 3.8) is 0 Å². The van der Waals surface area contributed by atoms with Crippen LogP contribution in [0.25, 0.3) is 0 Å². The second-order valence-electron chi connectivity index (χ2n) is 13.2. The van der Waals surface area contributed by atoms with Gasteiger partial charge in [0.2, 0.25) is 11.8 Å². The van der Waals surface area contributed by atoms with E-state index in [2.05, 4.69) is 15.4 Å². The van der Waals surface area contributed by atoms with Crippen LogP contribution >= 0.6 is 0 Å². The van der Waals surface area contributed by atoms with Gasteiger partial charge in [-0.3, -0.25) is 14.4 Å². The number of nitrogens with zero attached hydrogens (tertiary/aromatic N) is 1. The first-order chi connectivity index (χ1) is 20.2. The second kappa shape index (κ2) is 14.4. The van der Waals surface area contributed by atoms with Crippen LogP contribution < -0.4 is 21.1 Å². The van der Waals surface area contributed by atoms with Crippen molar-refractivity contribution in [1.82, 2.24) is 20.3 Å². The number of carbonyl (C=O) groups is 3. The summed E-state index contributed by atoms with van der Waals surface area (Å²) in [4.78, 5) is 42.1. The van der Waals surface area contributed by atoms with Crippen LogP contribution in [0.3, 0.4) is 0 Å². The van der Waals surface area contributed by atoms with Gasteiger partial charge in [-0.25, -0.2) is 13.1 Å². The molecule has 242 valence electrons. The molecule has 0 fully saturated rings. The van der Waals surface area contributed by atoms with Crippen molar-refractivity contribution in [1.29, 1.82) is 0 Å². The van der Waals surface area contributed by atoms with Crippen LogP contribution in [0.5, 0.6) is 0 Å². The molecule has 2 aromatic carbocycles. The van der Waals surface area contributed by atoms with Crippen LogP contribution in [0, 0.1) is 11.3 Å². The number of amides is 3. The standard InChI is InChI=1S/C33H49N5O5S/c1-21(2)26(19-22(3)29(39)37-44(42,43)25-18-14-17-24(34)20-25)38(10)31(41)28(32(4,5)6)36-30(40)27(35-9)33(7,8)23-15-12-11-13-16-23/h11-21,26-28,35H,34H2,1-10H3,(H,36,40)(H,37,39)/b22-19+. The van der Waals surface area contributed by atoms with E-state index >= 15 is 0 Å². The maximum absolute atomic E-state index is 14.1. The summed E-state index contributed by atoms with van der Waals surface area (Å²) < 4.78 is 27.6. The van der Waals surface area contributed by atoms with Gasteiger partial charge in [-0.2, -0.15) is 0 Å². The zero-order valence-corrected chi connectivity index (χ0v) is 28.4. The molecule has 2 aromatic rings. The van der Waals surface area contributed by atoms with Crippen molar-refractivity contribution in [2.45, 2.75) is 83.8 Å². The number of benzene rings is 2. The van der Waals surface area contributed by atoms with Gasteiger partial charge in [0.05, 0.1) is 17.0 Å². The van der Waals surface area contributed by atoms with Crippen molar-refractivity contribution < 1.29 is 22.8 Å². The second-order valence-corrected chi connectivity index (χ2v) is 14.8. The first-order valence-electron chi connectivity index (χ1n) is 14.6. The summed E-state index contributed by atoms with van der Waals surface area (Å²) in [6.45, 7) is 14.9. The number of hydrogen-bond donors (Lipinski definition) is 4. The topological polar surface area (TPSA) is 151 Å². The van der Waals surface area contributed by atoms with Crippen LogP contribution in [-0.4, -0.2) is 63.3 Å². The highest BCUT2D eigenvalue weighted by molar-refractivity contribution is 7.90. The number of carbonyl (C=O) groups excluding carboxylic acids is 3. The first-order valence-corrected chi connectivity index (χ1v) is 16.1. The molecular weight excluding hydrogens is 578 g/mol. The molecule has 44 heavy (non-hydrogen) atoms. The van der Waals surface area contributed by atoms with E-state index in [1.54, 1.807) is 26.2 Å². The number of anilines is 1. The van der Waals surface area contributed by atoms with Gasteiger partial charge < -0.3 is 21.3 Å². The molecule has 0 heterocycles. The number of hydrogen-bond acceptors (Lipinski definition) is 7. The van der Waals surface area contributed by atoms with Crippen molar-refractivity contribution in [3.05, 3.63) is 71.8 Å². The molecule has 3 atom stereocenters. The molecule has 11 heteroatoms. The van der Waals surface area contributed by atoms with E-state index < -0.39 is 44.9 Å². The average Bonchev–Trinajstić information content (AvgIpc) is 2.93. The zero-order chi connectivity index (χ0) is 33.6. The van der Waals surface area contributed by atoms with E-state index in [0.717, 1.165) is 5.56 Å². The zero-order valence-electron chi connectivity index (χ0n) is 27.6. The lowest BCUT2D eigenvalue weighted by Crippen LogP contribution is -2.61. The molecule has 0 aliphatic carbocycles. The highest BCUT2D eigenvalue weighted by Gasteiger charge is 2.41. The summed E-state index contributed by atoms with van der Waals surface area (Å²) >= 11 is 0. The van der Waals surface area contributed by atoms with Crippen LogP contribution in [0.4, 0.5) is 5.69 Å². The lowest BCUT2D eigenvalue weighted by Gasteiger charge is -2.40. The van der Waals surface area contributed by atoms with Gasteiger partial charge in [-0.15, -0.1) is 0 Å². The Morgan fingerprint density at radius 1 is 0.932 bits per heavy atom. The van der Waals surface area contributed by atoms with Gasteiger partial charge in [0.15, 0.2) is 0 Å². The summed E-state index contributed by atoms with van der Waals surface area (Å²) in [5.74, 6) is -1.62. The van der Waals surface area contributed by atoms with E-state index in [9.17, 15) is 22.8 Å². The Kier molecular flexibility index (Phi) is 11.9. The molecule has 0 aliphatic rings. The first kappa shape index (κ1) is 36.5. The van der Waals surface area contributed by atoms with Crippen LogP contribution in [0.2, 0.25) is 0 Å². The Labute approximate surface area is 262 Å². The molecule has 0 radical (unpaired) electrons. The molecule has 2 rings (SSSR count). The molecule has 0 spiro atoms. The fourth-order valence-electron chi connectivity index (χ4n) is 5.11. The number of nitrogen functional groups attached to an aromatic ring is 1. The SMILES string of the molecule is CNC(C(=O)NC(C(=O)N(C)C(/C=C(\C)C(=O)NS(=O)(=O)c1cccc(N)c1)C(C)C)C(C)(C)C)C(C)(C)c1ccccc1. The molecule has 5 N–H and O–H groups in total. The molecule has 3 unspecified atom stereocenters. The normalized spacial score (nSPS) is 14.8. The molecule has 0 saturated carbocycles. The largest absolute Gasteiger partial charge is 0.399 e. The predicted octanol–water partition coefficient (Wildman–Crippen LogP) is 3.60. The minimum Gasteiger partial charge on any atom is -0.399 e. The molecule has 10 nitrogen and oxygen atoms in total. The Morgan fingerprint density at radius 3 is 2.02 bits per heavy atom. The Morgan fingerprint density at radius 2 is 1.52 bits per heavy atom. The number of sulfonamides is 1. The number of nitrogens with one attached hydrogen (secondary N) is 3. The molecule has 0 aliphatic heterocycles. The quantitative estimate of drug-likeness (QED) is 0.207. The number of rotatable bonds is 12. The van der Waals surface area contributed by atoms with Gasteiger partial charge in [0, 0.05) is 23.7 Å². The van der Waals surface area contributed by atoms with Crippen molar-refractivity contribution in [3.8, 4) is 0 Å². The van der Waals surface area contributed by atoms with E-state index in [4.69, 9.17) is 5.73 Å². The fourth-order valence-corrected chi connectivity index (χ4v) is 6.18. The van der Waals surface area contributed by atoms with Crippen molar-refractivity contribution >= 4 is 33.4 Å². The Balaban J connectivity index is 2.33. The van der Waals surface area contributed by atoms with Gasteiger partial charge in [0.25, 0.3) is 15.9 Å². The third-order valence-electron chi connectivity index (χ3n) is 7.84. The highest BCUT2D eigenvalue weighted by Crippen LogP contribution is 2.29. The molecular formula is C33H49N5O5S. The molecule has 0 aromatic heterocycles. The molecule has 3 amide bonds. The maximum Gasteiger partial charge on any atom is 0.264 e. The third kappa shape index (κ3) is 8.92. The summed E-state index contributed by atoms with van der Waals surface area (Å²) in [6, 6.07) is 13.2. The van der Waals surface area contributed by atoms with Gasteiger partial charge in [0.1, 0.15) is 6.04 Å². The third-order valence-corrected chi connectivity index (χ3v) is 9.17.